The molecule has 0 atom stereocenters. The van der Waals surface area contributed by atoms with Crippen LogP contribution in [0.5, 0.6) is 0 Å². The van der Waals surface area contributed by atoms with Crippen LogP contribution in [0.15, 0.2) is 54.6 Å². The van der Waals surface area contributed by atoms with E-state index in [-0.39, 0.29) is 0 Å². The molecule has 2 aromatic carbocycles. The second-order valence-corrected chi connectivity index (χ2v) is 5.24. The summed E-state index contributed by atoms with van der Waals surface area (Å²) in [6, 6.07) is 17.0. The topological polar surface area (TPSA) is 0 Å². The summed E-state index contributed by atoms with van der Waals surface area (Å²) in [5, 5.41) is 0. The van der Waals surface area contributed by atoms with Crippen LogP contribution >= 0.6 is 12.2 Å². The number of thiocarbonyl (C=S) groups is 1. The largest absolute Gasteiger partial charge is 0.0795 e. The Morgan fingerprint density at radius 3 is 2.30 bits per heavy atom. The van der Waals surface area contributed by atoms with E-state index < -0.39 is 0 Å². The fourth-order valence-corrected chi connectivity index (χ4v) is 2.39. The van der Waals surface area contributed by atoms with E-state index in [0.29, 0.717) is 0 Å². The van der Waals surface area contributed by atoms with Crippen LogP contribution < -0.4 is 0 Å². The van der Waals surface area contributed by atoms with Gasteiger partial charge in [0.15, 0.2) is 0 Å². The second kappa shape index (κ2) is 7.16. The minimum atomic E-state index is 0.888. The average Bonchev–Trinajstić information content (AvgIpc) is 2.53. The highest BCUT2D eigenvalue weighted by Crippen LogP contribution is 2.13. The van der Waals surface area contributed by atoms with Crippen molar-refractivity contribution in [2.75, 3.05) is 0 Å². The first-order chi connectivity index (χ1) is 9.74. The molecule has 0 bridgehead atoms. The Morgan fingerprint density at radius 1 is 0.950 bits per heavy atom. The summed E-state index contributed by atoms with van der Waals surface area (Å²) in [5.41, 5.74) is 5.06. The maximum absolute atomic E-state index is 5.49. The van der Waals surface area contributed by atoms with Crippen LogP contribution in [0.2, 0.25) is 0 Å². The van der Waals surface area contributed by atoms with Gasteiger partial charge in [0.25, 0.3) is 0 Å². The van der Waals surface area contributed by atoms with E-state index in [2.05, 4.69) is 68.5 Å². The van der Waals surface area contributed by atoms with Crippen LogP contribution in [-0.4, -0.2) is 4.86 Å². The summed E-state index contributed by atoms with van der Waals surface area (Å²) >= 11 is 5.49. The minimum Gasteiger partial charge on any atom is -0.0795 e. The van der Waals surface area contributed by atoms with Crippen molar-refractivity contribution < 1.29 is 0 Å². The van der Waals surface area contributed by atoms with Crippen molar-refractivity contribution in [3.8, 4) is 0 Å². The molecule has 0 spiro atoms. The summed E-state index contributed by atoms with van der Waals surface area (Å²) in [6.45, 7) is 4.34. The molecule has 0 aromatic heterocycles. The van der Waals surface area contributed by atoms with Crippen LogP contribution in [0.3, 0.4) is 0 Å². The lowest BCUT2D eigenvalue weighted by molar-refractivity contribution is 1.13. The van der Waals surface area contributed by atoms with E-state index in [1.165, 1.54) is 16.7 Å². The molecule has 0 unspecified atom stereocenters. The van der Waals surface area contributed by atoms with Crippen LogP contribution in [0.4, 0.5) is 0 Å². The normalized spacial score (nSPS) is 10.9. The van der Waals surface area contributed by atoms with Crippen molar-refractivity contribution in [1.82, 2.24) is 0 Å². The second-order valence-electron chi connectivity index (χ2n) is 4.80. The van der Waals surface area contributed by atoms with Crippen LogP contribution in [0, 0.1) is 0 Å². The number of aryl methyl sites for hydroxylation is 2. The molecule has 0 fully saturated rings. The Morgan fingerprint density at radius 2 is 1.65 bits per heavy atom. The van der Waals surface area contributed by atoms with E-state index in [1.807, 2.05) is 6.08 Å². The van der Waals surface area contributed by atoms with Gasteiger partial charge in [-0.15, -0.1) is 0 Å². The average molecular weight is 280 g/mol. The van der Waals surface area contributed by atoms with E-state index in [0.717, 1.165) is 23.3 Å². The number of hydrogen-bond donors (Lipinski definition) is 0. The predicted molar refractivity (Wildman–Crippen MR) is 92.4 cm³/mol. The van der Waals surface area contributed by atoms with Gasteiger partial charge < -0.3 is 0 Å². The molecule has 0 aliphatic heterocycles. The first-order valence-corrected chi connectivity index (χ1v) is 7.54. The van der Waals surface area contributed by atoms with Crippen molar-refractivity contribution in [2.45, 2.75) is 26.7 Å². The minimum absolute atomic E-state index is 0.888. The molecule has 0 heterocycles. The fourth-order valence-electron chi connectivity index (χ4n) is 2.19. The molecule has 0 radical (unpaired) electrons. The van der Waals surface area contributed by atoms with Crippen molar-refractivity contribution in [1.29, 1.82) is 0 Å². The molecule has 2 aromatic rings. The lowest BCUT2D eigenvalue weighted by Crippen LogP contribution is -1.93. The lowest BCUT2D eigenvalue weighted by Gasteiger charge is -2.03. The van der Waals surface area contributed by atoms with Crippen molar-refractivity contribution in [2.24, 2.45) is 0 Å². The first-order valence-electron chi connectivity index (χ1n) is 7.13. The van der Waals surface area contributed by atoms with Crippen LogP contribution in [-0.2, 0) is 12.8 Å². The molecule has 0 amide bonds. The molecule has 0 N–H and O–H groups in total. The molecule has 0 aliphatic rings. The molecule has 1 heteroatoms. The summed E-state index contributed by atoms with van der Waals surface area (Å²) in [5.74, 6) is 0. The maximum atomic E-state index is 5.49. The zero-order chi connectivity index (χ0) is 14.4. The third-order valence-electron chi connectivity index (χ3n) is 3.50. The molecule has 0 nitrogen and oxygen atoms in total. The summed E-state index contributed by atoms with van der Waals surface area (Å²) in [4.78, 5) is 0.888. The third kappa shape index (κ3) is 3.64. The predicted octanol–water partition coefficient (Wildman–Crippen LogP) is 5.24. The Hall–Kier alpha value is -1.73. The molecular formula is C19H20S. The summed E-state index contributed by atoms with van der Waals surface area (Å²) in [7, 11) is 0. The van der Waals surface area contributed by atoms with Gasteiger partial charge in [0.2, 0.25) is 0 Å². The molecule has 2 rings (SSSR count). The Balaban J connectivity index is 2.15. The Labute approximate surface area is 127 Å². The quantitative estimate of drug-likeness (QED) is 0.410. The van der Waals surface area contributed by atoms with Gasteiger partial charge in [0, 0.05) is 4.86 Å². The Kier molecular flexibility index (Phi) is 5.25. The highest BCUT2D eigenvalue weighted by Gasteiger charge is 1.99. The number of allylic oxidation sites excluding steroid dienone is 1. The zero-order valence-electron chi connectivity index (χ0n) is 12.1. The molecule has 20 heavy (non-hydrogen) atoms. The smallest absolute Gasteiger partial charge is 0.0449 e. The molecule has 0 saturated heterocycles. The van der Waals surface area contributed by atoms with Crippen LogP contribution in [0.1, 0.15) is 36.1 Å². The van der Waals surface area contributed by atoms with Gasteiger partial charge in [0.05, 0.1) is 0 Å². The van der Waals surface area contributed by atoms with E-state index >= 15 is 0 Å². The van der Waals surface area contributed by atoms with Gasteiger partial charge in [-0.25, -0.2) is 0 Å². The highest BCUT2D eigenvalue weighted by molar-refractivity contribution is 7.81. The van der Waals surface area contributed by atoms with Gasteiger partial charge >= 0.3 is 0 Å². The number of benzene rings is 2. The SMILES string of the molecule is CCc1ccc(C(=S)C=Cc2ccccc2CC)cc1. The monoisotopic (exact) mass is 280 g/mol. The van der Waals surface area contributed by atoms with Gasteiger partial charge in [-0.05, 0) is 41.2 Å². The fraction of sp³-hybridized carbons (Fsp3) is 0.211. The maximum Gasteiger partial charge on any atom is 0.0449 e. The van der Waals surface area contributed by atoms with Gasteiger partial charge in [-0.1, -0.05) is 80.7 Å². The van der Waals surface area contributed by atoms with Crippen molar-refractivity contribution in [3.63, 3.8) is 0 Å². The number of rotatable bonds is 5. The highest BCUT2D eigenvalue weighted by atomic mass is 32.1. The van der Waals surface area contributed by atoms with Crippen LogP contribution in [0.25, 0.3) is 6.08 Å². The molecule has 102 valence electrons. The van der Waals surface area contributed by atoms with E-state index in [4.69, 9.17) is 12.2 Å². The molecule has 0 saturated carbocycles. The zero-order valence-corrected chi connectivity index (χ0v) is 12.9. The van der Waals surface area contributed by atoms with E-state index in [1.54, 1.807) is 0 Å². The van der Waals surface area contributed by atoms with Gasteiger partial charge in [-0.3, -0.25) is 0 Å². The summed E-state index contributed by atoms with van der Waals surface area (Å²) in [6.07, 6.45) is 6.25. The molecule has 0 aliphatic carbocycles. The van der Waals surface area contributed by atoms with Gasteiger partial charge in [-0.2, -0.15) is 0 Å². The van der Waals surface area contributed by atoms with Gasteiger partial charge in [0.1, 0.15) is 0 Å². The first kappa shape index (κ1) is 14.7. The standard InChI is InChI=1S/C19H20S/c1-3-15-9-11-18(12-10-15)19(20)14-13-17-8-6-5-7-16(17)4-2/h5-14H,3-4H2,1-2H3. The van der Waals surface area contributed by atoms with E-state index in [9.17, 15) is 0 Å². The Bertz CT molecular complexity index is 606. The third-order valence-corrected chi connectivity index (χ3v) is 3.87. The summed E-state index contributed by atoms with van der Waals surface area (Å²) < 4.78 is 0. The van der Waals surface area contributed by atoms with Crippen molar-refractivity contribution >= 4 is 23.2 Å². The molecular weight excluding hydrogens is 260 g/mol. The number of hydrogen-bond acceptors (Lipinski definition) is 1. The van der Waals surface area contributed by atoms with Crippen molar-refractivity contribution in [3.05, 3.63) is 76.9 Å². The lowest BCUT2D eigenvalue weighted by atomic mass is 10.0.